The van der Waals surface area contributed by atoms with Crippen LogP contribution in [0.5, 0.6) is 0 Å². The normalized spacial score (nSPS) is 19.2. The standard InChI is InChI=1S/C16H30N2O3/c1-12(13(2)16(20)21)15(19)17-10-7-11-18(3)14-8-5-4-6-9-14/h12-14H,4-11H2,1-3H3,(H,17,19)(H,20,21). The third-order valence-electron chi connectivity index (χ3n) is 4.74. The number of carboxylic acids is 1. The highest BCUT2D eigenvalue weighted by Crippen LogP contribution is 2.21. The number of carbonyl (C=O) groups is 2. The van der Waals surface area contributed by atoms with Crippen molar-refractivity contribution in [1.82, 2.24) is 10.2 Å². The van der Waals surface area contributed by atoms with Crippen molar-refractivity contribution in [3.8, 4) is 0 Å². The van der Waals surface area contributed by atoms with Gasteiger partial charge >= 0.3 is 5.97 Å². The van der Waals surface area contributed by atoms with Crippen LogP contribution in [0, 0.1) is 11.8 Å². The molecule has 0 spiro atoms. The van der Waals surface area contributed by atoms with E-state index in [0.717, 1.165) is 13.0 Å². The quantitative estimate of drug-likeness (QED) is 0.673. The molecule has 1 amide bonds. The number of aliphatic carboxylic acids is 1. The van der Waals surface area contributed by atoms with Gasteiger partial charge in [-0.15, -0.1) is 0 Å². The van der Waals surface area contributed by atoms with E-state index in [1.165, 1.54) is 32.1 Å². The van der Waals surface area contributed by atoms with Gasteiger partial charge in [0.1, 0.15) is 0 Å². The maximum atomic E-state index is 11.8. The van der Waals surface area contributed by atoms with E-state index in [-0.39, 0.29) is 5.91 Å². The van der Waals surface area contributed by atoms with E-state index in [4.69, 9.17) is 5.11 Å². The lowest BCUT2D eigenvalue weighted by Gasteiger charge is -2.31. The van der Waals surface area contributed by atoms with E-state index in [1.807, 2.05) is 0 Å². The zero-order valence-electron chi connectivity index (χ0n) is 13.6. The summed E-state index contributed by atoms with van der Waals surface area (Å²) in [5, 5.41) is 11.8. The van der Waals surface area contributed by atoms with Gasteiger partial charge in [-0.05, 0) is 32.9 Å². The average Bonchev–Trinajstić information content (AvgIpc) is 2.50. The summed E-state index contributed by atoms with van der Waals surface area (Å²) in [5.41, 5.74) is 0. The Hall–Kier alpha value is -1.10. The van der Waals surface area contributed by atoms with E-state index in [1.54, 1.807) is 13.8 Å². The van der Waals surface area contributed by atoms with Crippen molar-refractivity contribution in [2.45, 2.75) is 58.4 Å². The van der Waals surface area contributed by atoms with Crippen LogP contribution in [0.4, 0.5) is 0 Å². The summed E-state index contributed by atoms with van der Waals surface area (Å²) in [4.78, 5) is 25.1. The lowest BCUT2D eigenvalue weighted by Crippen LogP contribution is -2.38. The average molecular weight is 298 g/mol. The predicted molar refractivity (Wildman–Crippen MR) is 83.1 cm³/mol. The Balaban J connectivity index is 2.18. The minimum atomic E-state index is -0.922. The number of nitrogens with zero attached hydrogens (tertiary/aromatic N) is 1. The largest absolute Gasteiger partial charge is 0.481 e. The van der Waals surface area contributed by atoms with Gasteiger partial charge in [0.25, 0.3) is 0 Å². The van der Waals surface area contributed by atoms with Crippen molar-refractivity contribution in [1.29, 1.82) is 0 Å². The zero-order valence-corrected chi connectivity index (χ0v) is 13.6. The summed E-state index contributed by atoms with van der Waals surface area (Å²) < 4.78 is 0. The van der Waals surface area contributed by atoms with Crippen molar-refractivity contribution < 1.29 is 14.7 Å². The molecular formula is C16H30N2O3. The molecular weight excluding hydrogens is 268 g/mol. The SMILES string of the molecule is CC(C(=O)O)C(C)C(=O)NCCCN(C)C1CCCCC1. The van der Waals surface area contributed by atoms with Gasteiger partial charge in [-0.25, -0.2) is 0 Å². The van der Waals surface area contributed by atoms with Crippen molar-refractivity contribution >= 4 is 11.9 Å². The molecule has 122 valence electrons. The van der Waals surface area contributed by atoms with E-state index >= 15 is 0 Å². The molecule has 1 fully saturated rings. The number of carbonyl (C=O) groups excluding carboxylic acids is 1. The van der Waals surface area contributed by atoms with Crippen LogP contribution in [0.3, 0.4) is 0 Å². The van der Waals surface area contributed by atoms with Crippen LogP contribution in [-0.2, 0) is 9.59 Å². The van der Waals surface area contributed by atoms with E-state index in [2.05, 4.69) is 17.3 Å². The fraction of sp³-hybridized carbons (Fsp3) is 0.875. The van der Waals surface area contributed by atoms with E-state index in [9.17, 15) is 9.59 Å². The first-order chi connectivity index (χ1) is 9.93. The number of carboxylic acid groups (broad SMARTS) is 1. The van der Waals surface area contributed by atoms with Crippen molar-refractivity contribution in [2.75, 3.05) is 20.1 Å². The molecule has 0 aromatic rings. The van der Waals surface area contributed by atoms with Crippen LogP contribution < -0.4 is 5.32 Å². The lowest BCUT2D eigenvalue weighted by molar-refractivity contribution is -0.146. The molecule has 1 rings (SSSR count). The van der Waals surface area contributed by atoms with Crippen molar-refractivity contribution in [2.24, 2.45) is 11.8 Å². The van der Waals surface area contributed by atoms with Crippen LogP contribution >= 0.6 is 0 Å². The van der Waals surface area contributed by atoms with Crippen LogP contribution in [0.1, 0.15) is 52.4 Å². The van der Waals surface area contributed by atoms with Gasteiger partial charge in [0.2, 0.25) is 5.91 Å². The highest BCUT2D eigenvalue weighted by molar-refractivity contribution is 5.84. The van der Waals surface area contributed by atoms with Crippen LogP contribution in [0.15, 0.2) is 0 Å². The van der Waals surface area contributed by atoms with Gasteiger partial charge in [0.05, 0.1) is 5.92 Å². The second kappa shape index (κ2) is 9.03. The topological polar surface area (TPSA) is 69.6 Å². The van der Waals surface area contributed by atoms with E-state index in [0.29, 0.717) is 12.6 Å². The minimum absolute atomic E-state index is 0.162. The predicted octanol–water partition coefficient (Wildman–Crippen LogP) is 2.11. The van der Waals surface area contributed by atoms with Crippen LogP contribution in [0.2, 0.25) is 0 Å². The third-order valence-corrected chi connectivity index (χ3v) is 4.74. The summed E-state index contributed by atoms with van der Waals surface area (Å²) in [6, 6.07) is 0.695. The monoisotopic (exact) mass is 298 g/mol. The number of hydrogen-bond acceptors (Lipinski definition) is 3. The third kappa shape index (κ3) is 6.04. The summed E-state index contributed by atoms with van der Waals surface area (Å²) in [6.45, 7) is 4.84. The smallest absolute Gasteiger partial charge is 0.307 e. The van der Waals surface area contributed by atoms with Crippen molar-refractivity contribution in [3.05, 3.63) is 0 Å². The molecule has 0 bridgehead atoms. The fourth-order valence-corrected chi connectivity index (χ4v) is 2.85. The van der Waals surface area contributed by atoms with Gasteiger partial charge in [-0.1, -0.05) is 33.1 Å². The molecule has 5 heteroatoms. The second-order valence-electron chi connectivity index (χ2n) is 6.33. The van der Waals surface area contributed by atoms with E-state index < -0.39 is 17.8 Å². The molecule has 0 saturated heterocycles. The summed E-state index contributed by atoms with van der Waals surface area (Å²) in [6.07, 6.45) is 7.51. The van der Waals surface area contributed by atoms with Gasteiger partial charge in [0, 0.05) is 18.5 Å². The summed E-state index contributed by atoms with van der Waals surface area (Å²) in [5.74, 6) is -2.21. The molecule has 1 aliphatic rings. The van der Waals surface area contributed by atoms with Gasteiger partial charge < -0.3 is 15.3 Å². The first-order valence-corrected chi connectivity index (χ1v) is 8.14. The first-order valence-electron chi connectivity index (χ1n) is 8.14. The van der Waals surface area contributed by atoms with Gasteiger partial charge in [-0.3, -0.25) is 9.59 Å². The Morgan fingerprint density at radius 1 is 1.19 bits per heavy atom. The highest BCUT2D eigenvalue weighted by Gasteiger charge is 2.25. The number of amides is 1. The molecule has 0 aliphatic heterocycles. The van der Waals surface area contributed by atoms with Crippen molar-refractivity contribution in [3.63, 3.8) is 0 Å². The molecule has 21 heavy (non-hydrogen) atoms. The molecule has 0 aromatic carbocycles. The minimum Gasteiger partial charge on any atom is -0.481 e. The molecule has 1 aliphatic carbocycles. The molecule has 2 atom stereocenters. The zero-order chi connectivity index (χ0) is 15.8. The lowest BCUT2D eigenvalue weighted by atomic mass is 9.94. The maximum absolute atomic E-state index is 11.8. The number of nitrogens with one attached hydrogen (secondary N) is 1. The van der Waals surface area contributed by atoms with Crippen LogP contribution in [-0.4, -0.2) is 48.1 Å². The molecule has 0 radical (unpaired) electrons. The fourth-order valence-electron chi connectivity index (χ4n) is 2.85. The highest BCUT2D eigenvalue weighted by atomic mass is 16.4. The summed E-state index contributed by atoms with van der Waals surface area (Å²) in [7, 11) is 2.16. The Labute approximate surface area is 128 Å². The first kappa shape index (κ1) is 18.0. The molecule has 1 saturated carbocycles. The Bertz CT molecular complexity index is 340. The summed E-state index contributed by atoms with van der Waals surface area (Å²) >= 11 is 0. The van der Waals surface area contributed by atoms with Gasteiger partial charge in [-0.2, -0.15) is 0 Å². The maximum Gasteiger partial charge on any atom is 0.307 e. The second-order valence-corrected chi connectivity index (χ2v) is 6.33. The molecule has 2 unspecified atom stereocenters. The molecule has 5 nitrogen and oxygen atoms in total. The Morgan fingerprint density at radius 3 is 2.38 bits per heavy atom. The molecule has 0 heterocycles. The van der Waals surface area contributed by atoms with Crippen LogP contribution in [0.25, 0.3) is 0 Å². The number of hydrogen-bond donors (Lipinski definition) is 2. The molecule has 0 aromatic heterocycles. The molecule has 2 N–H and O–H groups in total. The number of rotatable bonds is 8. The Morgan fingerprint density at radius 2 is 1.81 bits per heavy atom. The Kier molecular flexibility index (Phi) is 7.72. The van der Waals surface area contributed by atoms with Gasteiger partial charge in [0.15, 0.2) is 0 Å².